The number of nitrogens with zero attached hydrogens (tertiary/aromatic N) is 1. The lowest BCUT2D eigenvalue weighted by atomic mass is 10.3. The predicted octanol–water partition coefficient (Wildman–Crippen LogP) is -0.399. The SMILES string of the molecule is C=CCNCCC(=O)NCCN1CCOCC1. The summed E-state index contributed by atoms with van der Waals surface area (Å²) in [6, 6.07) is 0. The van der Waals surface area contributed by atoms with Gasteiger partial charge in [0.1, 0.15) is 0 Å². The van der Waals surface area contributed by atoms with Crippen molar-refractivity contribution >= 4 is 5.91 Å². The molecule has 0 radical (unpaired) electrons. The first-order chi connectivity index (χ1) is 8.33. The zero-order chi connectivity index (χ0) is 12.3. The maximum atomic E-state index is 11.4. The topological polar surface area (TPSA) is 53.6 Å². The Morgan fingerprint density at radius 1 is 1.35 bits per heavy atom. The highest BCUT2D eigenvalue weighted by Gasteiger charge is 2.09. The van der Waals surface area contributed by atoms with E-state index < -0.39 is 0 Å². The van der Waals surface area contributed by atoms with E-state index in [0.717, 1.165) is 45.9 Å². The van der Waals surface area contributed by atoms with Crippen LogP contribution in [0.2, 0.25) is 0 Å². The van der Waals surface area contributed by atoms with Gasteiger partial charge in [0, 0.05) is 45.7 Å². The molecule has 1 aliphatic rings. The summed E-state index contributed by atoms with van der Waals surface area (Å²) < 4.78 is 5.26. The Labute approximate surface area is 103 Å². The van der Waals surface area contributed by atoms with Gasteiger partial charge in [-0.05, 0) is 0 Å². The van der Waals surface area contributed by atoms with E-state index in [4.69, 9.17) is 4.74 Å². The van der Waals surface area contributed by atoms with Crippen LogP contribution in [0.25, 0.3) is 0 Å². The van der Waals surface area contributed by atoms with Crippen LogP contribution in [-0.2, 0) is 9.53 Å². The number of hydrogen-bond donors (Lipinski definition) is 2. The Kier molecular flexibility index (Phi) is 7.62. The van der Waals surface area contributed by atoms with Crippen molar-refractivity contribution in [1.82, 2.24) is 15.5 Å². The number of carbonyl (C=O) groups excluding carboxylic acids is 1. The third-order valence-electron chi connectivity index (χ3n) is 2.67. The summed E-state index contributed by atoms with van der Waals surface area (Å²) in [5.74, 6) is 0.106. The second-order valence-corrected chi connectivity index (χ2v) is 4.05. The van der Waals surface area contributed by atoms with Crippen molar-refractivity contribution in [2.45, 2.75) is 6.42 Å². The van der Waals surface area contributed by atoms with Crippen LogP contribution < -0.4 is 10.6 Å². The number of ether oxygens (including phenoxy) is 1. The van der Waals surface area contributed by atoms with E-state index in [1.165, 1.54) is 0 Å². The van der Waals surface area contributed by atoms with E-state index in [9.17, 15) is 4.79 Å². The lowest BCUT2D eigenvalue weighted by molar-refractivity contribution is -0.121. The summed E-state index contributed by atoms with van der Waals surface area (Å²) in [6.45, 7) is 10.2. The molecule has 5 nitrogen and oxygen atoms in total. The highest BCUT2D eigenvalue weighted by atomic mass is 16.5. The van der Waals surface area contributed by atoms with Crippen molar-refractivity contribution < 1.29 is 9.53 Å². The number of morpholine rings is 1. The average molecular weight is 241 g/mol. The summed E-state index contributed by atoms with van der Waals surface area (Å²) in [4.78, 5) is 13.7. The minimum absolute atomic E-state index is 0.106. The Morgan fingerprint density at radius 2 is 2.12 bits per heavy atom. The van der Waals surface area contributed by atoms with Crippen molar-refractivity contribution in [1.29, 1.82) is 0 Å². The van der Waals surface area contributed by atoms with Crippen molar-refractivity contribution in [3.05, 3.63) is 12.7 Å². The van der Waals surface area contributed by atoms with Gasteiger partial charge in [0.15, 0.2) is 0 Å². The molecule has 2 N–H and O–H groups in total. The van der Waals surface area contributed by atoms with Crippen LogP contribution in [0, 0.1) is 0 Å². The van der Waals surface area contributed by atoms with Gasteiger partial charge in [0.25, 0.3) is 0 Å². The van der Waals surface area contributed by atoms with Gasteiger partial charge in [-0.25, -0.2) is 0 Å². The highest BCUT2D eigenvalue weighted by molar-refractivity contribution is 5.76. The first-order valence-electron chi connectivity index (χ1n) is 6.21. The van der Waals surface area contributed by atoms with Gasteiger partial charge in [-0.1, -0.05) is 6.08 Å². The molecule has 0 aliphatic carbocycles. The van der Waals surface area contributed by atoms with Gasteiger partial charge in [0.05, 0.1) is 13.2 Å². The van der Waals surface area contributed by atoms with E-state index in [1.54, 1.807) is 6.08 Å². The molecule has 0 spiro atoms. The van der Waals surface area contributed by atoms with Crippen LogP contribution in [0.4, 0.5) is 0 Å². The first kappa shape index (κ1) is 14.2. The molecular weight excluding hydrogens is 218 g/mol. The number of amides is 1. The molecule has 0 aromatic heterocycles. The van der Waals surface area contributed by atoms with Crippen molar-refractivity contribution in [2.75, 3.05) is 52.5 Å². The quantitative estimate of drug-likeness (QED) is 0.448. The monoisotopic (exact) mass is 241 g/mol. The standard InChI is InChI=1S/C12H23N3O2/c1-2-4-13-5-3-12(16)14-6-7-15-8-10-17-11-9-15/h2,13H,1,3-11H2,(H,14,16). The minimum Gasteiger partial charge on any atom is -0.379 e. The van der Waals surface area contributed by atoms with Crippen molar-refractivity contribution in [3.8, 4) is 0 Å². The van der Waals surface area contributed by atoms with Crippen LogP contribution in [0.5, 0.6) is 0 Å². The molecule has 1 aliphatic heterocycles. The molecule has 1 amide bonds. The number of carbonyl (C=O) groups is 1. The summed E-state index contributed by atoms with van der Waals surface area (Å²) in [7, 11) is 0. The normalized spacial score (nSPS) is 16.7. The second-order valence-electron chi connectivity index (χ2n) is 4.05. The molecule has 1 fully saturated rings. The zero-order valence-electron chi connectivity index (χ0n) is 10.4. The van der Waals surface area contributed by atoms with Gasteiger partial charge < -0.3 is 15.4 Å². The van der Waals surface area contributed by atoms with Crippen LogP contribution in [0.15, 0.2) is 12.7 Å². The van der Waals surface area contributed by atoms with Gasteiger partial charge in [0.2, 0.25) is 5.91 Å². The first-order valence-corrected chi connectivity index (χ1v) is 6.21. The van der Waals surface area contributed by atoms with E-state index in [-0.39, 0.29) is 5.91 Å². The molecule has 1 heterocycles. The van der Waals surface area contributed by atoms with Crippen LogP contribution >= 0.6 is 0 Å². The molecule has 17 heavy (non-hydrogen) atoms. The van der Waals surface area contributed by atoms with Crippen LogP contribution in [0.1, 0.15) is 6.42 Å². The Balaban J connectivity index is 1.93. The molecular formula is C12H23N3O2. The van der Waals surface area contributed by atoms with Crippen molar-refractivity contribution in [3.63, 3.8) is 0 Å². The van der Waals surface area contributed by atoms with E-state index >= 15 is 0 Å². The largest absolute Gasteiger partial charge is 0.379 e. The Hall–Kier alpha value is -0.910. The van der Waals surface area contributed by atoms with Gasteiger partial charge >= 0.3 is 0 Å². The highest BCUT2D eigenvalue weighted by Crippen LogP contribution is 1.94. The fourth-order valence-corrected chi connectivity index (χ4v) is 1.67. The maximum absolute atomic E-state index is 11.4. The fourth-order valence-electron chi connectivity index (χ4n) is 1.67. The summed E-state index contributed by atoms with van der Waals surface area (Å²) in [6.07, 6.45) is 2.31. The molecule has 0 aromatic carbocycles. The van der Waals surface area contributed by atoms with E-state index in [2.05, 4.69) is 22.1 Å². The molecule has 1 rings (SSSR count). The molecule has 0 aromatic rings. The smallest absolute Gasteiger partial charge is 0.221 e. The molecule has 5 heteroatoms. The van der Waals surface area contributed by atoms with Gasteiger partial charge in [-0.3, -0.25) is 9.69 Å². The Morgan fingerprint density at radius 3 is 2.82 bits per heavy atom. The second kappa shape index (κ2) is 9.15. The minimum atomic E-state index is 0.106. The maximum Gasteiger partial charge on any atom is 0.221 e. The van der Waals surface area contributed by atoms with Crippen molar-refractivity contribution in [2.24, 2.45) is 0 Å². The third-order valence-corrected chi connectivity index (χ3v) is 2.67. The number of rotatable bonds is 8. The molecule has 1 saturated heterocycles. The van der Waals surface area contributed by atoms with E-state index in [0.29, 0.717) is 13.0 Å². The molecule has 0 bridgehead atoms. The van der Waals surface area contributed by atoms with Gasteiger partial charge in [-0.2, -0.15) is 0 Å². The predicted molar refractivity (Wildman–Crippen MR) is 68.0 cm³/mol. The number of nitrogens with one attached hydrogen (secondary N) is 2. The average Bonchev–Trinajstić information content (AvgIpc) is 2.36. The summed E-state index contributed by atoms with van der Waals surface area (Å²) in [5.41, 5.74) is 0. The fraction of sp³-hybridized carbons (Fsp3) is 0.750. The molecule has 98 valence electrons. The zero-order valence-corrected chi connectivity index (χ0v) is 10.4. The number of hydrogen-bond acceptors (Lipinski definition) is 4. The lowest BCUT2D eigenvalue weighted by Gasteiger charge is -2.26. The van der Waals surface area contributed by atoms with Crippen LogP contribution in [-0.4, -0.2) is 63.3 Å². The van der Waals surface area contributed by atoms with E-state index in [1.807, 2.05) is 0 Å². The summed E-state index contributed by atoms with van der Waals surface area (Å²) in [5, 5.41) is 6.02. The lowest BCUT2D eigenvalue weighted by Crippen LogP contribution is -2.41. The van der Waals surface area contributed by atoms with Crippen LogP contribution in [0.3, 0.4) is 0 Å². The molecule has 0 unspecified atom stereocenters. The molecule has 0 saturated carbocycles. The summed E-state index contributed by atoms with van der Waals surface area (Å²) >= 11 is 0. The third kappa shape index (κ3) is 7.10. The van der Waals surface area contributed by atoms with Gasteiger partial charge in [-0.15, -0.1) is 6.58 Å². The Bertz CT molecular complexity index is 228. The molecule has 0 atom stereocenters.